The highest BCUT2D eigenvalue weighted by Crippen LogP contribution is 2.09. The molecule has 0 aromatic rings. The molecule has 0 saturated carbocycles. The molecule has 0 atom stereocenters. The lowest BCUT2D eigenvalue weighted by Gasteiger charge is -2.04. The molecular weight excluding hydrogens is 244 g/mol. The van der Waals surface area contributed by atoms with Crippen LogP contribution >= 0.6 is 0 Å². The molecule has 0 amide bonds. The summed E-state index contributed by atoms with van der Waals surface area (Å²) < 4.78 is 10.3. The predicted molar refractivity (Wildman–Crippen MR) is 72.7 cm³/mol. The SMILES string of the molecule is O=C1CCCCCC(=O)OCCCCCCCCO1. The maximum Gasteiger partial charge on any atom is 0.305 e. The Balaban J connectivity index is 2.21. The molecule has 1 aliphatic heterocycles. The molecule has 110 valence electrons. The summed E-state index contributed by atoms with van der Waals surface area (Å²) in [7, 11) is 0. The Morgan fingerprint density at radius 3 is 1.37 bits per heavy atom. The standard InChI is InChI=1S/C15H26O4/c16-14-10-6-5-7-11-15(17)19-13-9-4-2-1-3-8-12-18-14/h1-13H2. The van der Waals surface area contributed by atoms with Gasteiger partial charge in [-0.1, -0.05) is 32.1 Å². The van der Waals surface area contributed by atoms with Crippen LogP contribution < -0.4 is 0 Å². The zero-order valence-corrected chi connectivity index (χ0v) is 11.8. The Labute approximate surface area is 115 Å². The van der Waals surface area contributed by atoms with Gasteiger partial charge in [-0.2, -0.15) is 0 Å². The molecule has 0 aromatic carbocycles. The van der Waals surface area contributed by atoms with Crippen LogP contribution in [-0.2, 0) is 19.1 Å². The molecule has 0 aromatic heterocycles. The Kier molecular flexibility index (Phi) is 9.11. The highest BCUT2D eigenvalue weighted by Gasteiger charge is 2.06. The third-order valence-electron chi connectivity index (χ3n) is 3.33. The van der Waals surface area contributed by atoms with Gasteiger partial charge >= 0.3 is 11.9 Å². The molecule has 1 rings (SSSR count). The largest absolute Gasteiger partial charge is 0.466 e. The minimum Gasteiger partial charge on any atom is -0.466 e. The molecule has 1 aliphatic rings. The van der Waals surface area contributed by atoms with Crippen molar-refractivity contribution in [1.82, 2.24) is 0 Å². The molecule has 0 aliphatic carbocycles. The van der Waals surface area contributed by atoms with E-state index in [-0.39, 0.29) is 11.9 Å². The summed E-state index contributed by atoms with van der Waals surface area (Å²) in [6, 6.07) is 0. The second-order valence-electron chi connectivity index (χ2n) is 5.12. The van der Waals surface area contributed by atoms with Gasteiger partial charge < -0.3 is 9.47 Å². The van der Waals surface area contributed by atoms with Gasteiger partial charge in [-0.25, -0.2) is 0 Å². The minimum absolute atomic E-state index is 0.105. The number of hydrogen-bond donors (Lipinski definition) is 0. The molecule has 0 radical (unpaired) electrons. The Bertz CT molecular complexity index is 237. The van der Waals surface area contributed by atoms with Gasteiger partial charge in [0, 0.05) is 12.8 Å². The lowest BCUT2D eigenvalue weighted by atomic mass is 10.1. The smallest absolute Gasteiger partial charge is 0.305 e. The normalized spacial score (nSPS) is 22.1. The van der Waals surface area contributed by atoms with Crippen LogP contribution in [0.25, 0.3) is 0 Å². The quantitative estimate of drug-likeness (QED) is 0.633. The summed E-state index contributed by atoms with van der Waals surface area (Å²) >= 11 is 0. The van der Waals surface area contributed by atoms with E-state index >= 15 is 0 Å². The van der Waals surface area contributed by atoms with E-state index in [0.29, 0.717) is 26.1 Å². The minimum atomic E-state index is -0.105. The van der Waals surface area contributed by atoms with Crippen molar-refractivity contribution in [1.29, 1.82) is 0 Å². The Morgan fingerprint density at radius 1 is 0.526 bits per heavy atom. The number of carbonyl (C=O) groups excluding carboxylic acids is 2. The van der Waals surface area contributed by atoms with Crippen molar-refractivity contribution < 1.29 is 19.1 Å². The summed E-state index contributed by atoms with van der Waals surface area (Å²) in [5.74, 6) is -0.209. The van der Waals surface area contributed by atoms with Crippen molar-refractivity contribution in [3.63, 3.8) is 0 Å². The molecular formula is C15H26O4. The molecule has 0 spiro atoms. The van der Waals surface area contributed by atoms with Crippen LogP contribution in [0, 0.1) is 0 Å². The van der Waals surface area contributed by atoms with Crippen LogP contribution in [-0.4, -0.2) is 25.2 Å². The fourth-order valence-corrected chi connectivity index (χ4v) is 2.14. The number of hydrogen-bond acceptors (Lipinski definition) is 4. The van der Waals surface area contributed by atoms with E-state index < -0.39 is 0 Å². The Morgan fingerprint density at radius 2 is 0.895 bits per heavy atom. The number of rotatable bonds is 0. The van der Waals surface area contributed by atoms with Crippen molar-refractivity contribution >= 4 is 11.9 Å². The first-order valence-corrected chi connectivity index (χ1v) is 7.60. The summed E-state index contributed by atoms with van der Waals surface area (Å²) in [6.45, 7) is 1.11. The number of ether oxygens (including phenoxy) is 2. The molecule has 0 unspecified atom stereocenters. The molecule has 1 fully saturated rings. The van der Waals surface area contributed by atoms with Gasteiger partial charge in [0.1, 0.15) is 0 Å². The van der Waals surface area contributed by atoms with Crippen LogP contribution in [0.1, 0.15) is 70.6 Å². The van der Waals surface area contributed by atoms with Gasteiger partial charge in [0.15, 0.2) is 0 Å². The third kappa shape index (κ3) is 9.51. The van der Waals surface area contributed by atoms with Crippen LogP contribution in [0.5, 0.6) is 0 Å². The van der Waals surface area contributed by atoms with E-state index in [1.54, 1.807) is 0 Å². The summed E-state index contributed by atoms with van der Waals surface area (Å²) in [6.07, 6.45) is 9.85. The van der Waals surface area contributed by atoms with Crippen molar-refractivity contribution in [2.45, 2.75) is 70.6 Å². The van der Waals surface area contributed by atoms with E-state index in [2.05, 4.69) is 0 Å². The van der Waals surface area contributed by atoms with Crippen molar-refractivity contribution in [3.8, 4) is 0 Å². The van der Waals surface area contributed by atoms with Gasteiger partial charge in [0.2, 0.25) is 0 Å². The van der Waals surface area contributed by atoms with Gasteiger partial charge in [-0.05, 0) is 25.7 Å². The van der Waals surface area contributed by atoms with Crippen molar-refractivity contribution in [2.24, 2.45) is 0 Å². The molecule has 4 nitrogen and oxygen atoms in total. The van der Waals surface area contributed by atoms with Gasteiger partial charge in [0.05, 0.1) is 13.2 Å². The van der Waals surface area contributed by atoms with E-state index in [1.807, 2.05) is 0 Å². The first-order chi connectivity index (χ1) is 9.29. The first kappa shape index (κ1) is 16.0. The van der Waals surface area contributed by atoms with Gasteiger partial charge in [0.25, 0.3) is 0 Å². The van der Waals surface area contributed by atoms with E-state index in [9.17, 15) is 9.59 Å². The summed E-state index contributed by atoms with van der Waals surface area (Å²) in [5, 5.41) is 0. The topological polar surface area (TPSA) is 52.6 Å². The Hall–Kier alpha value is -1.06. The number of cyclic esters (lactones) is 2. The van der Waals surface area contributed by atoms with Crippen LogP contribution in [0.2, 0.25) is 0 Å². The number of carbonyl (C=O) groups is 2. The van der Waals surface area contributed by atoms with E-state index in [0.717, 1.165) is 57.8 Å². The zero-order valence-electron chi connectivity index (χ0n) is 11.8. The third-order valence-corrected chi connectivity index (χ3v) is 3.33. The van der Waals surface area contributed by atoms with Gasteiger partial charge in [-0.15, -0.1) is 0 Å². The second-order valence-corrected chi connectivity index (χ2v) is 5.12. The summed E-state index contributed by atoms with van der Waals surface area (Å²) in [5.41, 5.74) is 0. The second kappa shape index (κ2) is 10.8. The van der Waals surface area contributed by atoms with Crippen molar-refractivity contribution in [2.75, 3.05) is 13.2 Å². The fourth-order valence-electron chi connectivity index (χ4n) is 2.14. The molecule has 0 N–H and O–H groups in total. The molecule has 0 bridgehead atoms. The average Bonchev–Trinajstić information content (AvgIpc) is 2.39. The lowest BCUT2D eigenvalue weighted by molar-refractivity contribution is -0.144. The van der Waals surface area contributed by atoms with E-state index in [1.165, 1.54) is 0 Å². The highest BCUT2D eigenvalue weighted by atomic mass is 16.5. The monoisotopic (exact) mass is 270 g/mol. The van der Waals surface area contributed by atoms with Crippen molar-refractivity contribution in [3.05, 3.63) is 0 Å². The van der Waals surface area contributed by atoms with Crippen LogP contribution in [0.4, 0.5) is 0 Å². The van der Waals surface area contributed by atoms with Gasteiger partial charge in [-0.3, -0.25) is 9.59 Å². The molecule has 19 heavy (non-hydrogen) atoms. The molecule has 4 heteroatoms. The highest BCUT2D eigenvalue weighted by molar-refractivity contribution is 5.69. The zero-order chi connectivity index (χ0) is 13.8. The lowest BCUT2D eigenvalue weighted by Crippen LogP contribution is -2.06. The maximum atomic E-state index is 11.4. The molecule has 1 saturated heterocycles. The first-order valence-electron chi connectivity index (χ1n) is 7.60. The number of esters is 2. The molecule has 1 heterocycles. The predicted octanol–water partition coefficient (Wildman–Crippen LogP) is 3.38. The van der Waals surface area contributed by atoms with E-state index in [4.69, 9.17) is 9.47 Å². The maximum absolute atomic E-state index is 11.4. The van der Waals surface area contributed by atoms with Crippen LogP contribution in [0.3, 0.4) is 0 Å². The summed E-state index contributed by atoms with van der Waals surface area (Å²) in [4.78, 5) is 22.8. The average molecular weight is 270 g/mol. The fraction of sp³-hybridized carbons (Fsp3) is 0.867. The van der Waals surface area contributed by atoms with Crippen LogP contribution in [0.15, 0.2) is 0 Å².